The highest BCUT2D eigenvalue weighted by Crippen LogP contribution is 2.32. The Labute approximate surface area is 158 Å². The molecule has 3 aromatic rings. The van der Waals surface area contributed by atoms with Gasteiger partial charge >= 0.3 is 0 Å². The fourth-order valence-electron chi connectivity index (χ4n) is 2.55. The Morgan fingerprint density at radius 3 is 2.78 bits per heavy atom. The van der Waals surface area contributed by atoms with E-state index < -0.39 is 6.10 Å². The van der Waals surface area contributed by atoms with Gasteiger partial charge in [0.15, 0.2) is 0 Å². The van der Waals surface area contributed by atoms with E-state index in [1.165, 1.54) is 0 Å². The van der Waals surface area contributed by atoms with E-state index in [0.717, 1.165) is 22.5 Å². The molecule has 0 fully saturated rings. The minimum Gasteiger partial charge on any atom is -0.495 e. The van der Waals surface area contributed by atoms with Gasteiger partial charge in [-0.3, -0.25) is 9.67 Å². The molecule has 0 spiro atoms. The number of pyridine rings is 1. The van der Waals surface area contributed by atoms with E-state index in [4.69, 9.17) is 9.84 Å². The lowest BCUT2D eigenvalue weighted by Crippen LogP contribution is -2.16. The van der Waals surface area contributed by atoms with Crippen LogP contribution in [0, 0.1) is 0 Å². The molecule has 0 saturated heterocycles. The number of aliphatic hydroxyl groups excluding tert-OH is 1. The van der Waals surface area contributed by atoms with Crippen molar-refractivity contribution in [3.05, 3.63) is 36.9 Å². The molecule has 0 unspecified atom stereocenters. The van der Waals surface area contributed by atoms with Gasteiger partial charge in [-0.05, 0) is 32.9 Å². The molecule has 142 valence electrons. The van der Waals surface area contributed by atoms with E-state index in [1.54, 1.807) is 32.6 Å². The average Bonchev–Trinajstić information content (AvgIpc) is 3.12. The van der Waals surface area contributed by atoms with Crippen LogP contribution < -0.4 is 10.1 Å². The standard InChI is InChI=1S/C19H24N6O2/c1-12(2)25-11-16(17-5-6-21-19(23-17)22-8-13(3)26)18(24-25)14-7-15(27-4)10-20-9-14/h5-7,9-13,26H,8H2,1-4H3,(H,21,22,23)/t13-/m0/s1. The third kappa shape index (κ3) is 4.40. The molecule has 0 aliphatic heterocycles. The number of hydrogen-bond acceptors (Lipinski definition) is 7. The van der Waals surface area contributed by atoms with Crippen LogP contribution in [0.15, 0.2) is 36.9 Å². The van der Waals surface area contributed by atoms with E-state index in [1.807, 2.05) is 23.0 Å². The summed E-state index contributed by atoms with van der Waals surface area (Å²) in [6, 6.07) is 3.94. The van der Waals surface area contributed by atoms with Crippen LogP contribution in [0.1, 0.15) is 26.8 Å². The second kappa shape index (κ2) is 8.13. The summed E-state index contributed by atoms with van der Waals surface area (Å²) in [7, 11) is 1.61. The van der Waals surface area contributed by atoms with Gasteiger partial charge in [0.2, 0.25) is 5.95 Å². The predicted octanol–water partition coefficient (Wildman–Crippen LogP) is 2.78. The van der Waals surface area contributed by atoms with E-state index in [2.05, 4.69) is 34.1 Å². The van der Waals surface area contributed by atoms with Crippen molar-refractivity contribution in [2.24, 2.45) is 0 Å². The summed E-state index contributed by atoms with van der Waals surface area (Å²) in [5, 5.41) is 17.2. The molecule has 3 aromatic heterocycles. The van der Waals surface area contributed by atoms with Gasteiger partial charge in [0.1, 0.15) is 11.4 Å². The van der Waals surface area contributed by atoms with Crippen LogP contribution in [0.5, 0.6) is 5.75 Å². The van der Waals surface area contributed by atoms with Gasteiger partial charge < -0.3 is 15.2 Å². The van der Waals surface area contributed by atoms with Crippen molar-refractivity contribution in [3.8, 4) is 28.3 Å². The number of nitrogens with one attached hydrogen (secondary N) is 1. The SMILES string of the molecule is COc1cncc(-c2nn(C(C)C)cc2-c2ccnc(NC[C@H](C)O)n2)c1. The molecule has 0 aliphatic rings. The highest BCUT2D eigenvalue weighted by molar-refractivity contribution is 5.79. The van der Waals surface area contributed by atoms with Crippen LogP contribution >= 0.6 is 0 Å². The number of methoxy groups -OCH3 is 1. The molecule has 8 heteroatoms. The van der Waals surface area contributed by atoms with Crippen LogP contribution in [-0.2, 0) is 0 Å². The quantitative estimate of drug-likeness (QED) is 0.662. The summed E-state index contributed by atoms with van der Waals surface area (Å²) in [4.78, 5) is 13.0. The molecule has 0 radical (unpaired) electrons. The van der Waals surface area contributed by atoms with Crippen LogP contribution in [0.25, 0.3) is 22.5 Å². The van der Waals surface area contributed by atoms with Gasteiger partial charge in [-0.25, -0.2) is 9.97 Å². The van der Waals surface area contributed by atoms with Crippen molar-refractivity contribution in [2.75, 3.05) is 19.0 Å². The topological polar surface area (TPSA) is 98.0 Å². The first-order chi connectivity index (χ1) is 13.0. The summed E-state index contributed by atoms with van der Waals surface area (Å²) < 4.78 is 7.19. The number of aliphatic hydroxyl groups is 1. The fraction of sp³-hybridized carbons (Fsp3) is 0.368. The smallest absolute Gasteiger partial charge is 0.223 e. The molecule has 2 N–H and O–H groups in total. The first-order valence-corrected chi connectivity index (χ1v) is 8.82. The van der Waals surface area contributed by atoms with Gasteiger partial charge in [-0.2, -0.15) is 5.10 Å². The van der Waals surface area contributed by atoms with Crippen molar-refractivity contribution in [3.63, 3.8) is 0 Å². The van der Waals surface area contributed by atoms with E-state index >= 15 is 0 Å². The van der Waals surface area contributed by atoms with Gasteiger partial charge in [0.05, 0.1) is 25.1 Å². The molecular formula is C19H24N6O2. The van der Waals surface area contributed by atoms with Crippen molar-refractivity contribution >= 4 is 5.95 Å². The Morgan fingerprint density at radius 2 is 2.07 bits per heavy atom. The molecule has 1 atom stereocenters. The zero-order chi connectivity index (χ0) is 19.4. The minimum atomic E-state index is -0.487. The molecular weight excluding hydrogens is 344 g/mol. The number of aromatic nitrogens is 5. The van der Waals surface area contributed by atoms with Crippen molar-refractivity contribution in [1.29, 1.82) is 0 Å². The number of anilines is 1. The lowest BCUT2D eigenvalue weighted by atomic mass is 10.1. The van der Waals surface area contributed by atoms with E-state index in [-0.39, 0.29) is 6.04 Å². The lowest BCUT2D eigenvalue weighted by molar-refractivity contribution is 0.208. The Bertz CT molecular complexity index is 907. The number of ether oxygens (including phenoxy) is 1. The molecule has 0 aromatic carbocycles. The van der Waals surface area contributed by atoms with Crippen LogP contribution in [0.2, 0.25) is 0 Å². The summed E-state index contributed by atoms with van der Waals surface area (Å²) in [5.74, 6) is 1.12. The molecule has 0 amide bonds. The molecule has 27 heavy (non-hydrogen) atoms. The highest BCUT2D eigenvalue weighted by Gasteiger charge is 2.17. The Morgan fingerprint density at radius 1 is 1.26 bits per heavy atom. The van der Waals surface area contributed by atoms with E-state index in [0.29, 0.717) is 18.2 Å². The molecule has 0 saturated carbocycles. The monoisotopic (exact) mass is 368 g/mol. The predicted molar refractivity (Wildman–Crippen MR) is 104 cm³/mol. The maximum absolute atomic E-state index is 9.46. The normalized spacial score (nSPS) is 12.2. The summed E-state index contributed by atoms with van der Waals surface area (Å²) >= 11 is 0. The lowest BCUT2D eigenvalue weighted by Gasteiger charge is -2.08. The first-order valence-electron chi connectivity index (χ1n) is 8.82. The van der Waals surface area contributed by atoms with Gasteiger partial charge in [-0.1, -0.05) is 0 Å². The van der Waals surface area contributed by atoms with Crippen LogP contribution in [0.4, 0.5) is 5.95 Å². The number of hydrogen-bond donors (Lipinski definition) is 2. The van der Waals surface area contributed by atoms with Crippen molar-refractivity contribution in [1.82, 2.24) is 24.7 Å². The first kappa shape index (κ1) is 18.8. The summed E-state index contributed by atoms with van der Waals surface area (Å²) in [5.41, 5.74) is 3.24. The van der Waals surface area contributed by atoms with E-state index in [9.17, 15) is 5.11 Å². The molecule has 3 heterocycles. The third-order valence-electron chi connectivity index (χ3n) is 3.97. The van der Waals surface area contributed by atoms with Crippen molar-refractivity contribution < 1.29 is 9.84 Å². The van der Waals surface area contributed by atoms with Gasteiger partial charge in [0, 0.05) is 42.3 Å². The molecule has 8 nitrogen and oxygen atoms in total. The Hall–Kier alpha value is -3.00. The minimum absolute atomic E-state index is 0.200. The Balaban J connectivity index is 2.05. The zero-order valence-electron chi connectivity index (χ0n) is 15.9. The summed E-state index contributed by atoms with van der Waals surface area (Å²) in [6.45, 7) is 6.22. The molecule has 0 bridgehead atoms. The fourth-order valence-corrected chi connectivity index (χ4v) is 2.55. The van der Waals surface area contributed by atoms with Crippen molar-refractivity contribution in [2.45, 2.75) is 32.9 Å². The van der Waals surface area contributed by atoms with Crippen LogP contribution in [0.3, 0.4) is 0 Å². The highest BCUT2D eigenvalue weighted by atomic mass is 16.5. The zero-order valence-corrected chi connectivity index (χ0v) is 15.9. The summed E-state index contributed by atoms with van der Waals surface area (Å²) in [6.07, 6.45) is 6.59. The van der Waals surface area contributed by atoms with Crippen LogP contribution in [-0.4, -0.2) is 49.6 Å². The second-order valence-electron chi connectivity index (χ2n) is 6.57. The number of rotatable bonds is 7. The maximum Gasteiger partial charge on any atom is 0.223 e. The average molecular weight is 368 g/mol. The molecule has 3 rings (SSSR count). The number of nitrogens with zero attached hydrogens (tertiary/aromatic N) is 5. The third-order valence-corrected chi connectivity index (χ3v) is 3.97. The largest absolute Gasteiger partial charge is 0.495 e. The maximum atomic E-state index is 9.46. The van der Waals surface area contributed by atoms with Gasteiger partial charge in [0.25, 0.3) is 0 Å². The van der Waals surface area contributed by atoms with Gasteiger partial charge in [-0.15, -0.1) is 0 Å². The Kier molecular flexibility index (Phi) is 5.66. The second-order valence-corrected chi connectivity index (χ2v) is 6.57. The molecule has 0 aliphatic carbocycles.